The summed E-state index contributed by atoms with van der Waals surface area (Å²) in [5.74, 6) is -0.186. The average molecular weight is 295 g/mol. The minimum Gasteiger partial charge on any atom is -0.481 e. The van der Waals surface area contributed by atoms with Crippen molar-refractivity contribution in [3.05, 3.63) is 11.1 Å². The second-order valence-electron chi connectivity index (χ2n) is 3.26. The SMILES string of the molecule is CCS(=O)(=O)CCSc1nc(CC(=O)O)cs1. The van der Waals surface area contributed by atoms with Gasteiger partial charge in [-0.15, -0.1) is 11.3 Å². The van der Waals surface area contributed by atoms with Crippen molar-refractivity contribution in [1.29, 1.82) is 0 Å². The van der Waals surface area contributed by atoms with Crippen LogP contribution in [0.4, 0.5) is 0 Å². The van der Waals surface area contributed by atoms with Crippen LogP contribution in [0.15, 0.2) is 9.72 Å². The Morgan fingerprint density at radius 1 is 1.59 bits per heavy atom. The van der Waals surface area contributed by atoms with Crippen LogP contribution in [0.25, 0.3) is 0 Å². The number of nitrogens with zero attached hydrogens (tertiary/aromatic N) is 1. The van der Waals surface area contributed by atoms with E-state index in [1.54, 1.807) is 12.3 Å². The highest BCUT2D eigenvalue weighted by atomic mass is 32.2. The van der Waals surface area contributed by atoms with Gasteiger partial charge < -0.3 is 5.11 Å². The molecule has 0 atom stereocenters. The molecule has 0 radical (unpaired) electrons. The van der Waals surface area contributed by atoms with Gasteiger partial charge in [0.05, 0.1) is 17.9 Å². The Bertz CT molecular complexity index is 480. The molecular weight excluding hydrogens is 282 g/mol. The Labute approximate surface area is 108 Å². The number of carboxylic acids is 1. The molecule has 1 N–H and O–H groups in total. The van der Waals surface area contributed by atoms with Crippen molar-refractivity contribution in [2.24, 2.45) is 0 Å². The number of carboxylic acid groups (broad SMARTS) is 1. The van der Waals surface area contributed by atoms with Gasteiger partial charge in [-0.2, -0.15) is 0 Å². The quantitative estimate of drug-likeness (QED) is 0.763. The number of thioether (sulfide) groups is 1. The molecule has 1 aromatic heterocycles. The van der Waals surface area contributed by atoms with Crippen molar-refractivity contribution in [3.8, 4) is 0 Å². The molecule has 96 valence electrons. The molecule has 0 unspecified atom stereocenters. The number of hydrogen-bond acceptors (Lipinski definition) is 6. The average Bonchev–Trinajstić information content (AvgIpc) is 2.64. The summed E-state index contributed by atoms with van der Waals surface area (Å²) in [7, 11) is -2.94. The number of carbonyl (C=O) groups is 1. The molecule has 1 rings (SSSR count). The molecule has 0 saturated carbocycles. The molecule has 5 nitrogen and oxygen atoms in total. The summed E-state index contributed by atoms with van der Waals surface area (Å²) in [6.45, 7) is 1.62. The van der Waals surface area contributed by atoms with E-state index in [2.05, 4.69) is 4.98 Å². The van der Waals surface area contributed by atoms with E-state index in [0.29, 0.717) is 15.8 Å². The van der Waals surface area contributed by atoms with Crippen molar-refractivity contribution in [2.45, 2.75) is 17.7 Å². The molecule has 1 aromatic rings. The molecule has 0 aliphatic heterocycles. The number of hydrogen-bond donors (Lipinski definition) is 1. The molecule has 0 spiro atoms. The maximum Gasteiger partial charge on any atom is 0.309 e. The fourth-order valence-corrected chi connectivity index (χ4v) is 4.19. The number of thiazole rings is 1. The summed E-state index contributed by atoms with van der Waals surface area (Å²) in [5.41, 5.74) is 0.517. The van der Waals surface area contributed by atoms with Gasteiger partial charge >= 0.3 is 5.97 Å². The smallest absolute Gasteiger partial charge is 0.309 e. The van der Waals surface area contributed by atoms with Crippen LogP contribution in [0.3, 0.4) is 0 Å². The first kappa shape index (κ1) is 14.5. The summed E-state index contributed by atoms with van der Waals surface area (Å²) >= 11 is 2.69. The second kappa shape index (κ2) is 6.36. The van der Waals surface area contributed by atoms with Gasteiger partial charge in [0.2, 0.25) is 0 Å². The molecule has 0 bridgehead atoms. The predicted octanol–water partition coefficient (Wildman–Crippen LogP) is 1.30. The molecule has 0 saturated heterocycles. The van der Waals surface area contributed by atoms with E-state index in [4.69, 9.17) is 5.11 Å². The van der Waals surface area contributed by atoms with E-state index in [-0.39, 0.29) is 17.9 Å². The monoisotopic (exact) mass is 295 g/mol. The van der Waals surface area contributed by atoms with Gasteiger partial charge in [0.25, 0.3) is 0 Å². The number of sulfone groups is 1. The van der Waals surface area contributed by atoms with E-state index in [0.717, 1.165) is 0 Å². The Hall–Kier alpha value is -0.600. The normalized spacial score (nSPS) is 11.6. The van der Waals surface area contributed by atoms with Gasteiger partial charge in [-0.3, -0.25) is 4.79 Å². The molecule has 0 amide bonds. The van der Waals surface area contributed by atoms with Gasteiger partial charge in [0, 0.05) is 16.9 Å². The van der Waals surface area contributed by atoms with E-state index in [1.807, 2.05) is 0 Å². The van der Waals surface area contributed by atoms with Crippen LogP contribution in [0.1, 0.15) is 12.6 Å². The van der Waals surface area contributed by atoms with Gasteiger partial charge in [0.1, 0.15) is 4.34 Å². The van der Waals surface area contributed by atoms with Crippen molar-refractivity contribution < 1.29 is 18.3 Å². The minimum atomic E-state index is -2.94. The first-order valence-electron chi connectivity index (χ1n) is 4.92. The number of aliphatic carboxylic acids is 1. The molecule has 0 aromatic carbocycles. The molecule has 0 aliphatic carbocycles. The van der Waals surface area contributed by atoms with Crippen LogP contribution in [0, 0.1) is 0 Å². The summed E-state index contributed by atoms with van der Waals surface area (Å²) in [5, 5.41) is 10.3. The molecule has 0 fully saturated rings. The summed E-state index contributed by atoms with van der Waals surface area (Å²) in [4.78, 5) is 14.5. The van der Waals surface area contributed by atoms with Crippen LogP contribution >= 0.6 is 23.1 Å². The van der Waals surface area contributed by atoms with Crippen molar-refractivity contribution in [3.63, 3.8) is 0 Å². The highest BCUT2D eigenvalue weighted by Gasteiger charge is 2.10. The van der Waals surface area contributed by atoms with E-state index < -0.39 is 15.8 Å². The zero-order valence-electron chi connectivity index (χ0n) is 9.25. The third-order valence-corrected chi connectivity index (χ3v) is 5.96. The van der Waals surface area contributed by atoms with Crippen molar-refractivity contribution >= 4 is 38.9 Å². The van der Waals surface area contributed by atoms with Crippen molar-refractivity contribution in [2.75, 3.05) is 17.3 Å². The van der Waals surface area contributed by atoms with E-state index in [9.17, 15) is 13.2 Å². The Morgan fingerprint density at radius 2 is 2.29 bits per heavy atom. The Balaban J connectivity index is 2.42. The van der Waals surface area contributed by atoms with Crippen molar-refractivity contribution in [1.82, 2.24) is 4.98 Å². The second-order valence-corrected chi connectivity index (χ2v) is 7.93. The number of aromatic nitrogens is 1. The summed E-state index contributed by atoms with van der Waals surface area (Å²) in [6, 6.07) is 0. The van der Waals surface area contributed by atoms with Gasteiger partial charge in [-0.25, -0.2) is 13.4 Å². The maximum absolute atomic E-state index is 11.2. The minimum absolute atomic E-state index is 0.0929. The zero-order chi connectivity index (χ0) is 12.9. The number of rotatable bonds is 7. The lowest BCUT2D eigenvalue weighted by Crippen LogP contribution is -2.10. The molecule has 0 aliphatic rings. The van der Waals surface area contributed by atoms with E-state index >= 15 is 0 Å². The van der Waals surface area contributed by atoms with Crippen LogP contribution < -0.4 is 0 Å². The largest absolute Gasteiger partial charge is 0.481 e. The maximum atomic E-state index is 11.2. The standard InChI is InChI=1S/C9H13NO4S3/c1-2-17(13,14)4-3-15-9-10-7(6-16-9)5-8(11)12/h6H,2-5H2,1H3,(H,11,12). The van der Waals surface area contributed by atoms with Gasteiger partial charge in [0.15, 0.2) is 9.84 Å². The van der Waals surface area contributed by atoms with Gasteiger partial charge in [-0.05, 0) is 0 Å². The van der Waals surface area contributed by atoms with Crippen LogP contribution in [0.2, 0.25) is 0 Å². The van der Waals surface area contributed by atoms with Crippen LogP contribution in [-0.2, 0) is 21.1 Å². The highest BCUT2D eigenvalue weighted by molar-refractivity contribution is 8.02. The zero-order valence-corrected chi connectivity index (χ0v) is 11.7. The fourth-order valence-electron chi connectivity index (χ4n) is 0.991. The van der Waals surface area contributed by atoms with E-state index in [1.165, 1.54) is 23.1 Å². The van der Waals surface area contributed by atoms with Crippen LogP contribution in [-0.4, -0.2) is 41.7 Å². The molecule has 17 heavy (non-hydrogen) atoms. The third-order valence-electron chi connectivity index (χ3n) is 1.92. The lowest BCUT2D eigenvalue weighted by atomic mass is 10.3. The lowest BCUT2D eigenvalue weighted by Gasteiger charge is -1.98. The van der Waals surface area contributed by atoms with Crippen LogP contribution in [0.5, 0.6) is 0 Å². The highest BCUT2D eigenvalue weighted by Crippen LogP contribution is 2.23. The predicted molar refractivity (Wildman–Crippen MR) is 68.5 cm³/mol. The molecular formula is C9H13NO4S3. The summed E-state index contributed by atoms with van der Waals surface area (Å²) in [6.07, 6.45) is -0.0929. The molecule has 8 heteroatoms. The topological polar surface area (TPSA) is 84.3 Å². The third kappa shape index (κ3) is 5.51. The molecule has 1 heterocycles. The fraction of sp³-hybridized carbons (Fsp3) is 0.556. The summed E-state index contributed by atoms with van der Waals surface area (Å²) < 4.78 is 23.2. The first-order valence-corrected chi connectivity index (χ1v) is 8.61. The Kier molecular flexibility index (Phi) is 5.41. The Morgan fingerprint density at radius 3 is 2.88 bits per heavy atom. The first-order chi connectivity index (χ1) is 7.93. The lowest BCUT2D eigenvalue weighted by molar-refractivity contribution is -0.136. The van der Waals surface area contributed by atoms with Gasteiger partial charge in [-0.1, -0.05) is 18.7 Å².